The van der Waals surface area contributed by atoms with Crippen molar-refractivity contribution < 1.29 is 4.74 Å². The van der Waals surface area contributed by atoms with Gasteiger partial charge in [-0.2, -0.15) is 0 Å². The van der Waals surface area contributed by atoms with Crippen LogP contribution in [0.3, 0.4) is 0 Å². The van der Waals surface area contributed by atoms with Crippen LogP contribution in [0.4, 0.5) is 0 Å². The molecule has 0 rings (SSSR count). The molecule has 0 atom stereocenters. The zero-order chi connectivity index (χ0) is 7.28. The van der Waals surface area contributed by atoms with E-state index < -0.39 is 0 Å². The van der Waals surface area contributed by atoms with E-state index in [1.165, 1.54) is 0 Å². The molecule has 9 heavy (non-hydrogen) atoms. The van der Waals surface area contributed by atoms with Gasteiger partial charge in [0.05, 0.1) is 12.9 Å². The van der Waals surface area contributed by atoms with Crippen LogP contribution in [0.25, 0.3) is 0 Å². The van der Waals surface area contributed by atoms with Gasteiger partial charge in [0.2, 0.25) is 0 Å². The van der Waals surface area contributed by atoms with Gasteiger partial charge in [-0.3, -0.25) is 0 Å². The molecule has 0 aromatic carbocycles. The molecule has 0 bridgehead atoms. The topological polar surface area (TPSA) is 12.5 Å². The first-order valence-electron chi connectivity index (χ1n) is 3.02. The lowest BCUT2D eigenvalue weighted by molar-refractivity contribution is 0.289. The Morgan fingerprint density at radius 2 is 2.11 bits per heavy atom. The van der Waals surface area contributed by atoms with Crippen LogP contribution >= 0.6 is 0 Å². The van der Waals surface area contributed by atoms with Crippen molar-refractivity contribution in [1.82, 2.24) is 4.90 Å². The number of hydrogen-bond acceptors (Lipinski definition) is 2. The second-order valence-electron chi connectivity index (χ2n) is 2.28. The molecule has 0 aromatic rings. The van der Waals surface area contributed by atoms with Gasteiger partial charge in [0.1, 0.15) is 0 Å². The van der Waals surface area contributed by atoms with Crippen molar-refractivity contribution in [2.75, 3.05) is 27.7 Å². The van der Waals surface area contributed by atoms with Gasteiger partial charge in [-0.15, -0.1) is 0 Å². The fourth-order valence-electron chi connectivity index (χ4n) is 0.394. The lowest BCUT2D eigenvalue weighted by Crippen LogP contribution is -2.11. The predicted octanol–water partition coefficient (Wildman–Crippen LogP) is 1.10. The van der Waals surface area contributed by atoms with Crippen molar-refractivity contribution in [1.29, 1.82) is 0 Å². The summed E-state index contributed by atoms with van der Waals surface area (Å²) in [5, 5.41) is 0. The standard InChI is InChI=1S/C7H15NO/c1-7(9-4)5-6-8(2)3/h5H,6H2,1-4H3/b7-5-. The summed E-state index contributed by atoms with van der Waals surface area (Å²) < 4.78 is 4.94. The van der Waals surface area contributed by atoms with E-state index in [1.54, 1.807) is 7.11 Å². The molecular weight excluding hydrogens is 114 g/mol. The van der Waals surface area contributed by atoms with Gasteiger partial charge >= 0.3 is 0 Å². The number of ether oxygens (including phenoxy) is 1. The first-order chi connectivity index (χ1) is 4.16. The molecule has 2 nitrogen and oxygen atoms in total. The van der Waals surface area contributed by atoms with E-state index in [0.717, 1.165) is 12.3 Å². The molecule has 0 amide bonds. The Bertz CT molecular complexity index is 97.1. The van der Waals surface area contributed by atoms with Crippen molar-refractivity contribution >= 4 is 0 Å². The molecule has 0 aromatic heterocycles. The fourth-order valence-corrected chi connectivity index (χ4v) is 0.394. The SMILES string of the molecule is CO/C(C)=C\CN(C)C. The van der Waals surface area contributed by atoms with Crippen LogP contribution in [-0.2, 0) is 4.74 Å². The van der Waals surface area contributed by atoms with Crippen molar-refractivity contribution in [3.63, 3.8) is 0 Å². The quantitative estimate of drug-likeness (QED) is 0.529. The number of methoxy groups -OCH3 is 1. The Morgan fingerprint density at radius 3 is 2.44 bits per heavy atom. The predicted molar refractivity (Wildman–Crippen MR) is 39.3 cm³/mol. The molecule has 54 valence electrons. The molecule has 0 radical (unpaired) electrons. The van der Waals surface area contributed by atoms with Crippen molar-refractivity contribution in [2.45, 2.75) is 6.92 Å². The maximum absolute atomic E-state index is 4.94. The Balaban J connectivity index is 3.43. The van der Waals surface area contributed by atoms with Gasteiger partial charge in [0.25, 0.3) is 0 Å². The van der Waals surface area contributed by atoms with Crippen LogP contribution in [0, 0.1) is 0 Å². The van der Waals surface area contributed by atoms with Gasteiger partial charge in [0.15, 0.2) is 0 Å². The van der Waals surface area contributed by atoms with E-state index in [4.69, 9.17) is 4.74 Å². The summed E-state index contributed by atoms with van der Waals surface area (Å²) in [6.45, 7) is 2.89. The average Bonchev–Trinajstić information content (AvgIpc) is 1.83. The maximum Gasteiger partial charge on any atom is 0.0897 e. The Hall–Kier alpha value is -0.500. The van der Waals surface area contributed by atoms with Gasteiger partial charge in [-0.1, -0.05) is 0 Å². The smallest absolute Gasteiger partial charge is 0.0897 e. The number of nitrogens with zero attached hydrogens (tertiary/aromatic N) is 1. The fraction of sp³-hybridized carbons (Fsp3) is 0.714. The lowest BCUT2D eigenvalue weighted by atomic mass is 10.4. The van der Waals surface area contributed by atoms with E-state index in [-0.39, 0.29) is 0 Å². The van der Waals surface area contributed by atoms with Crippen LogP contribution in [0.2, 0.25) is 0 Å². The van der Waals surface area contributed by atoms with E-state index >= 15 is 0 Å². The molecule has 0 saturated carbocycles. The molecular formula is C7H15NO. The van der Waals surface area contributed by atoms with Gasteiger partial charge in [-0.25, -0.2) is 0 Å². The second-order valence-corrected chi connectivity index (χ2v) is 2.28. The highest BCUT2D eigenvalue weighted by molar-refractivity contribution is 4.89. The van der Waals surface area contributed by atoms with Crippen LogP contribution in [0.1, 0.15) is 6.92 Å². The van der Waals surface area contributed by atoms with Gasteiger partial charge < -0.3 is 9.64 Å². The van der Waals surface area contributed by atoms with Gasteiger partial charge in [-0.05, 0) is 27.1 Å². The zero-order valence-electron chi connectivity index (χ0n) is 6.64. The third kappa shape index (κ3) is 5.37. The molecule has 0 aliphatic rings. The first-order valence-corrected chi connectivity index (χ1v) is 3.02. The summed E-state index contributed by atoms with van der Waals surface area (Å²) in [6.07, 6.45) is 2.04. The van der Waals surface area contributed by atoms with E-state index in [9.17, 15) is 0 Å². The Labute approximate surface area is 57.1 Å². The summed E-state index contributed by atoms with van der Waals surface area (Å²) >= 11 is 0. The summed E-state index contributed by atoms with van der Waals surface area (Å²) in [7, 11) is 5.74. The molecule has 0 unspecified atom stereocenters. The highest BCUT2D eigenvalue weighted by atomic mass is 16.5. The molecule has 0 N–H and O–H groups in total. The normalized spacial score (nSPS) is 12.3. The third-order valence-electron chi connectivity index (χ3n) is 1.07. The third-order valence-corrected chi connectivity index (χ3v) is 1.07. The van der Waals surface area contributed by atoms with Crippen LogP contribution in [0.15, 0.2) is 11.8 Å². The lowest BCUT2D eigenvalue weighted by Gasteiger charge is -2.05. The molecule has 2 heteroatoms. The van der Waals surface area contributed by atoms with Crippen molar-refractivity contribution in [3.05, 3.63) is 11.8 Å². The zero-order valence-corrected chi connectivity index (χ0v) is 6.64. The minimum atomic E-state index is 0.944. The highest BCUT2D eigenvalue weighted by Gasteiger charge is 1.85. The number of allylic oxidation sites excluding steroid dienone is 1. The van der Waals surface area contributed by atoms with Crippen molar-refractivity contribution in [3.8, 4) is 0 Å². The first kappa shape index (κ1) is 8.50. The molecule has 0 aliphatic heterocycles. The minimum Gasteiger partial charge on any atom is -0.502 e. The Kier molecular flexibility index (Phi) is 4.14. The largest absolute Gasteiger partial charge is 0.502 e. The molecule has 0 aliphatic carbocycles. The highest BCUT2D eigenvalue weighted by Crippen LogP contribution is 1.91. The number of rotatable bonds is 3. The molecule has 0 heterocycles. The maximum atomic E-state index is 4.94. The summed E-state index contributed by atoms with van der Waals surface area (Å²) in [6, 6.07) is 0. The summed E-state index contributed by atoms with van der Waals surface area (Å²) in [4.78, 5) is 2.09. The van der Waals surface area contributed by atoms with E-state index in [2.05, 4.69) is 4.90 Å². The monoisotopic (exact) mass is 129 g/mol. The van der Waals surface area contributed by atoms with E-state index in [1.807, 2.05) is 27.1 Å². The number of hydrogen-bond donors (Lipinski definition) is 0. The Morgan fingerprint density at radius 1 is 1.56 bits per heavy atom. The van der Waals surface area contributed by atoms with Crippen molar-refractivity contribution in [2.24, 2.45) is 0 Å². The van der Waals surface area contributed by atoms with Gasteiger partial charge in [0, 0.05) is 6.54 Å². The molecule has 0 spiro atoms. The van der Waals surface area contributed by atoms with Crippen LogP contribution < -0.4 is 0 Å². The summed E-state index contributed by atoms with van der Waals surface area (Å²) in [5.41, 5.74) is 0. The summed E-state index contributed by atoms with van der Waals surface area (Å²) in [5.74, 6) is 0.976. The second kappa shape index (κ2) is 4.39. The van der Waals surface area contributed by atoms with E-state index in [0.29, 0.717) is 0 Å². The van der Waals surface area contributed by atoms with Crippen LogP contribution in [0.5, 0.6) is 0 Å². The molecule has 0 saturated heterocycles. The molecule has 0 fully saturated rings. The van der Waals surface area contributed by atoms with Crippen LogP contribution in [-0.4, -0.2) is 32.6 Å². The number of likely N-dealkylation sites (N-methyl/N-ethyl adjacent to an activating group) is 1. The average molecular weight is 129 g/mol. The minimum absolute atomic E-state index is 0.944.